The highest BCUT2D eigenvalue weighted by Crippen LogP contribution is 2.23. The number of carbonyl (C=O) groups excluding carboxylic acids is 1. The van der Waals surface area contributed by atoms with Crippen LogP contribution in [0.4, 0.5) is 13.2 Å². The molecule has 12 heteroatoms. The number of fused-ring (bicyclic) bond motifs is 1. The SMILES string of the molecule is COCCCNC(=O)c1ccnn1-c1ccc2ccc(-c3cccnc3)cn12.O=C(O)C(F)(F)F. The number of nitrogens with one attached hydrogen (secondary N) is 1. The largest absolute Gasteiger partial charge is 0.490 e. The Kier molecular flexibility index (Phi) is 8.21. The molecule has 0 spiro atoms. The third kappa shape index (κ3) is 6.44. The predicted octanol–water partition coefficient (Wildman–Crippen LogP) is 3.59. The molecule has 1 amide bonds. The molecule has 0 aliphatic carbocycles. The Labute approximate surface area is 197 Å². The fourth-order valence-corrected chi connectivity index (χ4v) is 3.13. The van der Waals surface area contributed by atoms with Gasteiger partial charge in [0, 0.05) is 49.9 Å². The van der Waals surface area contributed by atoms with E-state index in [9.17, 15) is 18.0 Å². The fourth-order valence-electron chi connectivity index (χ4n) is 3.13. The first-order valence-corrected chi connectivity index (χ1v) is 10.4. The lowest BCUT2D eigenvalue weighted by molar-refractivity contribution is -0.192. The van der Waals surface area contributed by atoms with Crippen molar-refractivity contribution in [3.8, 4) is 16.9 Å². The molecule has 0 radical (unpaired) electrons. The normalized spacial score (nSPS) is 11.1. The van der Waals surface area contributed by atoms with E-state index in [1.165, 1.54) is 0 Å². The van der Waals surface area contributed by atoms with E-state index in [4.69, 9.17) is 14.6 Å². The van der Waals surface area contributed by atoms with Crippen molar-refractivity contribution in [2.24, 2.45) is 0 Å². The van der Waals surface area contributed by atoms with Gasteiger partial charge >= 0.3 is 12.1 Å². The smallest absolute Gasteiger partial charge is 0.475 e. The van der Waals surface area contributed by atoms with Gasteiger partial charge in [0.25, 0.3) is 5.91 Å². The van der Waals surface area contributed by atoms with Crippen LogP contribution in [0.3, 0.4) is 0 Å². The van der Waals surface area contributed by atoms with Gasteiger partial charge in [0.2, 0.25) is 0 Å². The molecule has 0 aliphatic heterocycles. The molecule has 0 bridgehead atoms. The maximum Gasteiger partial charge on any atom is 0.490 e. The van der Waals surface area contributed by atoms with Crippen LogP contribution in [-0.2, 0) is 9.53 Å². The average molecular weight is 489 g/mol. The number of halogens is 3. The van der Waals surface area contributed by atoms with Crippen molar-refractivity contribution in [3.05, 3.63) is 72.9 Å². The molecular weight excluding hydrogens is 467 g/mol. The summed E-state index contributed by atoms with van der Waals surface area (Å²) in [5.41, 5.74) is 3.57. The molecule has 4 rings (SSSR count). The second-order valence-electron chi connectivity index (χ2n) is 7.18. The zero-order valence-corrected chi connectivity index (χ0v) is 18.6. The van der Waals surface area contributed by atoms with E-state index in [0.29, 0.717) is 18.8 Å². The second-order valence-corrected chi connectivity index (χ2v) is 7.18. The minimum absolute atomic E-state index is 0.160. The van der Waals surface area contributed by atoms with E-state index in [0.717, 1.165) is 28.9 Å². The summed E-state index contributed by atoms with van der Waals surface area (Å²) in [7, 11) is 1.65. The molecule has 35 heavy (non-hydrogen) atoms. The van der Waals surface area contributed by atoms with Crippen LogP contribution >= 0.6 is 0 Å². The number of ether oxygens (including phenoxy) is 1. The topological polar surface area (TPSA) is 111 Å². The highest BCUT2D eigenvalue weighted by Gasteiger charge is 2.38. The Balaban J connectivity index is 0.000000429. The molecule has 0 aliphatic rings. The van der Waals surface area contributed by atoms with Crippen molar-refractivity contribution in [1.29, 1.82) is 0 Å². The number of carboxylic acid groups (broad SMARTS) is 1. The summed E-state index contributed by atoms with van der Waals surface area (Å²) in [5, 5.41) is 14.4. The number of alkyl halides is 3. The Morgan fingerprint density at radius 2 is 1.83 bits per heavy atom. The molecule has 0 saturated heterocycles. The predicted molar refractivity (Wildman–Crippen MR) is 120 cm³/mol. The van der Waals surface area contributed by atoms with Crippen LogP contribution in [-0.4, -0.2) is 62.6 Å². The van der Waals surface area contributed by atoms with E-state index in [-0.39, 0.29) is 5.91 Å². The second kappa shape index (κ2) is 11.3. The van der Waals surface area contributed by atoms with Crippen LogP contribution in [0.2, 0.25) is 0 Å². The van der Waals surface area contributed by atoms with Crippen molar-refractivity contribution in [1.82, 2.24) is 24.5 Å². The van der Waals surface area contributed by atoms with Crippen molar-refractivity contribution < 1.29 is 32.6 Å². The maximum atomic E-state index is 12.6. The van der Waals surface area contributed by atoms with Gasteiger partial charge in [0.15, 0.2) is 0 Å². The number of rotatable bonds is 7. The number of methoxy groups -OCH3 is 1. The van der Waals surface area contributed by atoms with Gasteiger partial charge in [0.1, 0.15) is 11.5 Å². The number of carbonyl (C=O) groups is 2. The van der Waals surface area contributed by atoms with Gasteiger partial charge in [-0.2, -0.15) is 18.3 Å². The first-order valence-electron chi connectivity index (χ1n) is 10.4. The molecule has 0 saturated carbocycles. The summed E-state index contributed by atoms with van der Waals surface area (Å²) in [6.45, 7) is 1.16. The lowest BCUT2D eigenvalue weighted by Crippen LogP contribution is -2.27. The van der Waals surface area contributed by atoms with Crippen LogP contribution in [0.25, 0.3) is 22.5 Å². The molecule has 0 fully saturated rings. The number of hydrogen-bond acceptors (Lipinski definition) is 5. The van der Waals surface area contributed by atoms with Crippen LogP contribution in [0, 0.1) is 0 Å². The van der Waals surface area contributed by atoms with E-state index in [1.54, 1.807) is 30.3 Å². The highest BCUT2D eigenvalue weighted by atomic mass is 19.4. The zero-order chi connectivity index (χ0) is 25.4. The molecule has 184 valence electrons. The number of aromatic nitrogens is 4. The maximum absolute atomic E-state index is 12.6. The quantitative estimate of drug-likeness (QED) is 0.384. The van der Waals surface area contributed by atoms with E-state index >= 15 is 0 Å². The zero-order valence-electron chi connectivity index (χ0n) is 18.6. The summed E-state index contributed by atoms with van der Waals surface area (Å²) in [4.78, 5) is 25.7. The summed E-state index contributed by atoms with van der Waals surface area (Å²) >= 11 is 0. The lowest BCUT2D eigenvalue weighted by Gasteiger charge is -2.10. The number of amides is 1. The fraction of sp³-hybridized carbons (Fsp3) is 0.217. The number of nitrogens with zero attached hydrogens (tertiary/aromatic N) is 4. The highest BCUT2D eigenvalue weighted by molar-refractivity contribution is 5.93. The van der Waals surface area contributed by atoms with Crippen LogP contribution in [0.5, 0.6) is 0 Å². The number of hydrogen-bond donors (Lipinski definition) is 2. The van der Waals surface area contributed by atoms with Crippen molar-refractivity contribution in [2.45, 2.75) is 12.6 Å². The standard InChI is InChI=1S/C21H21N5O2.C2HF3O2/c1-28-13-3-11-23-21(27)19-9-12-24-26(19)20-8-7-18-6-5-17(15-25(18)20)16-4-2-10-22-14-16;3-2(4,5)1(6)7/h2,4-10,12,14-15H,3,11,13H2,1H3,(H,23,27);(H,6,7). The van der Waals surface area contributed by atoms with Gasteiger partial charge < -0.3 is 19.6 Å². The van der Waals surface area contributed by atoms with Crippen LogP contribution in [0.15, 0.2) is 67.3 Å². The first kappa shape index (κ1) is 25.4. The molecule has 0 atom stereocenters. The molecule has 2 N–H and O–H groups in total. The molecule has 0 aromatic carbocycles. The summed E-state index contributed by atoms with van der Waals surface area (Å²) in [6, 6.07) is 13.7. The number of carboxylic acids is 1. The van der Waals surface area contributed by atoms with Crippen molar-refractivity contribution >= 4 is 17.4 Å². The summed E-state index contributed by atoms with van der Waals surface area (Å²) < 4.78 is 40.4. The first-order chi connectivity index (χ1) is 16.7. The lowest BCUT2D eigenvalue weighted by atomic mass is 10.1. The third-order valence-corrected chi connectivity index (χ3v) is 4.77. The minimum Gasteiger partial charge on any atom is -0.475 e. The van der Waals surface area contributed by atoms with Gasteiger partial charge in [-0.25, -0.2) is 9.48 Å². The number of aliphatic carboxylic acids is 1. The van der Waals surface area contributed by atoms with Gasteiger partial charge in [-0.05, 0) is 42.3 Å². The summed E-state index contributed by atoms with van der Waals surface area (Å²) in [5.74, 6) is -2.12. The molecule has 9 nitrogen and oxygen atoms in total. The van der Waals surface area contributed by atoms with E-state index in [1.807, 2.05) is 47.1 Å². The molecule has 4 aromatic heterocycles. The van der Waals surface area contributed by atoms with Crippen molar-refractivity contribution in [2.75, 3.05) is 20.3 Å². The number of pyridine rings is 2. The van der Waals surface area contributed by atoms with E-state index < -0.39 is 12.1 Å². The van der Waals surface area contributed by atoms with Gasteiger partial charge in [-0.15, -0.1) is 0 Å². The molecular formula is C23H22F3N5O4. The van der Waals surface area contributed by atoms with Gasteiger partial charge in [0.05, 0.1) is 6.20 Å². The minimum atomic E-state index is -5.08. The Bertz CT molecular complexity index is 1290. The van der Waals surface area contributed by atoms with Gasteiger partial charge in [-0.3, -0.25) is 9.78 Å². The van der Waals surface area contributed by atoms with Crippen LogP contribution < -0.4 is 5.32 Å². The monoisotopic (exact) mass is 489 g/mol. The molecule has 0 unspecified atom stereocenters. The molecule has 4 heterocycles. The summed E-state index contributed by atoms with van der Waals surface area (Å²) in [6.07, 6.45) is 2.93. The van der Waals surface area contributed by atoms with E-state index in [2.05, 4.69) is 21.5 Å². The Morgan fingerprint density at radius 3 is 2.49 bits per heavy atom. The van der Waals surface area contributed by atoms with Gasteiger partial charge in [-0.1, -0.05) is 12.1 Å². The van der Waals surface area contributed by atoms with Crippen LogP contribution in [0.1, 0.15) is 16.9 Å². The third-order valence-electron chi connectivity index (χ3n) is 4.77. The average Bonchev–Trinajstić information content (AvgIpc) is 3.48. The van der Waals surface area contributed by atoms with Crippen molar-refractivity contribution in [3.63, 3.8) is 0 Å². The Morgan fingerprint density at radius 1 is 1.09 bits per heavy atom. The Hall–Kier alpha value is -4.19. The molecule has 4 aromatic rings.